The Labute approximate surface area is 238 Å². The lowest BCUT2D eigenvalue weighted by Crippen LogP contribution is -2.28. The number of carbonyl (C=O) groups is 2. The maximum absolute atomic E-state index is 12.9. The highest BCUT2D eigenvalue weighted by Gasteiger charge is 2.25. The molecule has 0 aliphatic carbocycles. The number of rotatable bonds is 12. The highest BCUT2D eigenvalue weighted by Crippen LogP contribution is 2.31. The number of hydrogen-bond acceptors (Lipinski definition) is 7. The predicted octanol–water partition coefficient (Wildman–Crippen LogP) is 6.71. The Bertz CT molecular complexity index is 1370. The Balaban J connectivity index is 1.73. The fourth-order valence-electron chi connectivity index (χ4n) is 4.22. The summed E-state index contributed by atoms with van der Waals surface area (Å²) in [7, 11) is 0. The van der Waals surface area contributed by atoms with Crippen LogP contribution < -0.4 is 10.6 Å². The number of hydrogen-bond donors (Lipinski definition) is 2. The third kappa shape index (κ3) is 8.61. The van der Waals surface area contributed by atoms with Gasteiger partial charge in [-0.25, -0.2) is 9.48 Å². The average molecular weight is 571 g/mol. The summed E-state index contributed by atoms with van der Waals surface area (Å²) in [6, 6.07) is 10.5. The van der Waals surface area contributed by atoms with Gasteiger partial charge in [-0.15, -0.1) is 0 Å². The van der Waals surface area contributed by atoms with E-state index in [4.69, 9.17) is 9.26 Å². The summed E-state index contributed by atoms with van der Waals surface area (Å²) in [5, 5.41) is 23.7. The van der Waals surface area contributed by atoms with Crippen LogP contribution in [0.2, 0.25) is 0 Å². The molecule has 41 heavy (non-hydrogen) atoms. The minimum Gasteiger partial charge on any atom is -0.444 e. The molecule has 2 heterocycles. The minimum absolute atomic E-state index is 0.0308. The molecule has 0 fully saturated rings. The zero-order valence-corrected chi connectivity index (χ0v) is 24.0. The lowest BCUT2D eigenvalue weighted by Gasteiger charge is -2.20. The zero-order chi connectivity index (χ0) is 30.2. The Hall–Kier alpha value is -4.27. The van der Waals surface area contributed by atoms with Crippen molar-refractivity contribution in [2.24, 2.45) is 0 Å². The van der Waals surface area contributed by atoms with Gasteiger partial charge in [0.1, 0.15) is 22.9 Å². The molecule has 3 rings (SSSR count). The number of ether oxygens (including phenoxy) is 1. The van der Waals surface area contributed by atoms with Crippen molar-refractivity contribution < 1.29 is 27.6 Å². The Kier molecular flexibility index (Phi) is 10.6. The lowest BCUT2D eigenvalue weighted by atomic mass is 9.97. The molecule has 0 bridgehead atoms. The highest BCUT2D eigenvalue weighted by atomic mass is 19.1. The number of nitrogens with one attached hydrogen (secondary N) is 2. The van der Waals surface area contributed by atoms with Crippen molar-refractivity contribution in [2.45, 2.75) is 77.9 Å². The second kappa shape index (κ2) is 13.9. The van der Waals surface area contributed by atoms with E-state index < -0.39 is 25.0 Å². The van der Waals surface area contributed by atoms with Crippen molar-refractivity contribution in [3.05, 3.63) is 47.2 Å². The van der Waals surface area contributed by atoms with Crippen LogP contribution in [-0.4, -0.2) is 45.9 Å². The summed E-state index contributed by atoms with van der Waals surface area (Å²) in [4.78, 5) is 25.1. The number of nitrogens with zero attached hydrogens (tertiary/aromatic N) is 4. The molecule has 0 saturated heterocycles. The quantitative estimate of drug-likeness (QED) is 0.247. The summed E-state index contributed by atoms with van der Waals surface area (Å²) in [6.07, 6.45) is 0.273. The van der Waals surface area contributed by atoms with Gasteiger partial charge in [0, 0.05) is 23.6 Å². The van der Waals surface area contributed by atoms with Gasteiger partial charge < -0.3 is 9.26 Å². The smallest absolute Gasteiger partial charge is 0.413 e. The molecule has 2 amide bonds. The van der Waals surface area contributed by atoms with Crippen LogP contribution in [0, 0.1) is 11.3 Å². The molecule has 0 aliphatic rings. The Morgan fingerprint density at radius 3 is 2.41 bits per heavy atom. The predicted molar refractivity (Wildman–Crippen MR) is 150 cm³/mol. The van der Waals surface area contributed by atoms with Gasteiger partial charge in [-0.05, 0) is 59.4 Å². The molecule has 3 aromatic rings. The topological polar surface area (TPSA) is 135 Å². The summed E-state index contributed by atoms with van der Waals surface area (Å²) < 4.78 is 37.6. The maximum Gasteiger partial charge on any atom is 0.413 e. The molecule has 10 nitrogen and oxygen atoms in total. The first-order valence-corrected chi connectivity index (χ1v) is 13.5. The third-order valence-corrected chi connectivity index (χ3v) is 6.08. The van der Waals surface area contributed by atoms with Crippen molar-refractivity contribution in [3.8, 4) is 17.3 Å². The van der Waals surface area contributed by atoms with Crippen LogP contribution in [0.5, 0.6) is 0 Å². The third-order valence-electron chi connectivity index (χ3n) is 6.08. The number of benzene rings is 1. The Morgan fingerprint density at radius 2 is 1.83 bits per heavy atom. The number of amides is 2. The molecule has 0 saturated carbocycles. The maximum atomic E-state index is 12.9. The summed E-state index contributed by atoms with van der Waals surface area (Å²) >= 11 is 0. The van der Waals surface area contributed by atoms with Crippen molar-refractivity contribution >= 4 is 23.7 Å². The highest BCUT2D eigenvalue weighted by molar-refractivity contribution is 5.91. The van der Waals surface area contributed by atoms with Crippen LogP contribution in [0.15, 0.2) is 34.9 Å². The van der Waals surface area contributed by atoms with Crippen LogP contribution >= 0.6 is 0 Å². The number of nitriles is 1. The van der Waals surface area contributed by atoms with E-state index in [-0.39, 0.29) is 48.0 Å². The van der Waals surface area contributed by atoms with Gasteiger partial charge >= 0.3 is 6.09 Å². The van der Waals surface area contributed by atoms with Crippen molar-refractivity contribution in [2.75, 3.05) is 24.0 Å². The van der Waals surface area contributed by atoms with E-state index in [1.54, 1.807) is 49.7 Å². The van der Waals surface area contributed by atoms with Gasteiger partial charge in [-0.1, -0.05) is 29.4 Å². The molecule has 2 N–H and O–H groups in total. The molecular formula is C29H36F2N6O4. The Morgan fingerprint density at radius 1 is 1.12 bits per heavy atom. The SMILES string of the molecule is CC(C)n1nc(-c2ccc(CC(=O)Nc3cc(C(CCF)CCCF)no3)cc2)c(C#N)c1NC(=O)OC(C)(C)C. The van der Waals surface area contributed by atoms with E-state index >= 15 is 0 Å². The zero-order valence-electron chi connectivity index (χ0n) is 24.0. The molecule has 2 aromatic heterocycles. The first kappa shape index (κ1) is 31.3. The molecular weight excluding hydrogens is 534 g/mol. The van der Waals surface area contributed by atoms with E-state index in [1.807, 2.05) is 13.8 Å². The van der Waals surface area contributed by atoms with E-state index in [9.17, 15) is 23.6 Å². The molecule has 0 radical (unpaired) electrons. The fraction of sp³-hybridized carbons (Fsp3) is 0.483. The van der Waals surface area contributed by atoms with Crippen LogP contribution in [0.4, 0.5) is 25.3 Å². The first-order chi connectivity index (χ1) is 19.4. The van der Waals surface area contributed by atoms with Crippen LogP contribution in [-0.2, 0) is 16.0 Å². The van der Waals surface area contributed by atoms with Crippen LogP contribution in [0.25, 0.3) is 11.3 Å². The average Bonchev–Trinajstić information content (AvgIpc) is 3.50. The first-order valence-electron chi connectivity index (χ1n) is 13.5. The van der Waals surface area contributed by atoms with Gasteiger partial charge in [-0.2, -0.15) is 10.4 Å². The monoisotopic (exact) mass is 570 g/mol. The van der Waals surface area contributed by atoms with Gasteiger partial charge in [0.15, 0.2) is 5.82 Å². The molecule has 1 unspecified atom stereocenters. The molecule has 0 spiro atoms. The molecule has 1 atom stereocenters. The summed E-state index contributed by atoms with van der Waals surface area (Å²) in [5.41, 5.74) is 1.66. The number of anilines is 2. The second-order valence-corrected chi connectivity index (χ2v) is 10.9. The second-order valence-electron chi connectivity index (χ2n) is 10.9. The van der Waals surface area contributed by atoms with Gasteiger partial charge in [0.2, 0.25) is 11.8 Å². The van der Waals surface area contributed by atoms with E-state index in [0.29, 0.717) is 35.4 Å². The van der Waals surface area contributed by atoms with Crippen LogP contribution in [0.1, 0.15) is 82.7 Å². The standard InChI is InChI=1S/C29H36F2N6O4/c1-18(2)37-27(34-28(39)40-29(3,4)5)22(17-32)26(35-37)21-10-8-19(9-11-21)15-24(38)33-25-16-23(36-41-25)20(12-14-31)7-6-13-30/h8-11,16,18,20H,6-7,12-15H2,1-5H3,(H,33,38)(H,34,39). The fourth-order valence-corrected chi connectivity index (χ4v) is 4.22. The number of halogens is 2. The normalized spacial score (nSPS) is 12.2. The van der Waals surface area contributed by atoms with Gasteiger partial charge in [-0.3, -0.25) is 24.2 Å². The van der Waals surface area contributed by atoms with Crippen molar-refractivity contribution in [1.82, 2.24) is 14.9 Å². The van der Waals surface area contributed by atoms with E-state index in [0.717, 1.165) is 0 Å². The van der Waals surface area contributed by atoms with Crippen molar-refractivity contribution in [3.63, 3.8) is 0 Å². The number of aromatic nitrogens is 3. The summed E-state index contributed by atoms with van der Waals surface area (Å²) in [5.74, 6) is -0.263. The molecule has 220 valence electrons. The van der Waals surface area contributed by atoms with Crippen LogP contribution in [0.3, 0.4) is 0 Å². The van der Waals surface area contributed by atoms with Gasteiger partial charge in [0.25, 0.3) is 0 Å². The minimum atomic E-state index is -0.714. The summed E-state index contributed by atoms with van der Waals surface area (Å²) in [6.45, 7) is 7.94. The molecule has 1 aromatic carbocycles. The van der Waals surface area contributed by atoms with E-state index in [1.165, 1.54) is 6.07 Å². The van der Waals surface area contributed by atoms with Crippen molar-refractivity contribution in [1.29, 1.82) is 5.26 Å². The van der Waals surface area contributed by atoms with E-state index in [2.05, 4.69) is 27.0 Å². The number of alkyl halides is 2. The number of carbonyl (C=O) groups excluding carboxylic acids is 2. The lowest BCUT2D eigenvalue weighted by molar-refractivity contribution is -0.115. The largest absolute Gasteiger partial charge is 0.444 e. The molecule has 0 aliphatic heterocycles. The van der Waals surface area contributed by atoms with Gasteiger partial charge in [0.05, 0.1) is 25.5 Å². The molecule has 12 heteroatoms.